The Balaban J connectivity index is 1.91. The van der Waals surface area contributed by atoms with Gasteiger partial charge in [0.15, 0.2) is 0 Å². The second-order valence-electron chi connectivity index (χ2n) is 3.98. The summed E-state index contributed by atoms with van der Waals surface area (Å²) >= 11 is 6.39. The Morgan fingerprint density at radius 1 is 1.45 bits per heavy atom. The summed E-state index contributed by atoms with van der Waals surface area (Å²) in [5, 5.41) is 2.47. The molecule has 0 unspecified atom stereocenters. The molecule has 0 atom stereocenters. The molecule has 0 bridgehead atoms. The van der Waals surface area contributed by atoms with Crippen LogP contribution >= 0.6 is 50.3 Å². The average molecular weight is 469 g/mol. The molecule has 2 rings (SSSR count). The van der Waals surface area contributed by atoms with Gasteiger partial charge in [-0.25, -0.2) is 0 Å². The molecular weight excluding hydrogens is 459 g/mol. The molecule has 1 saturated heterocycles. The first-order chi connectivity index (χ1) is 9.49. The number of halogens is 2. The molecule has 8 heteroatoms. The quantitative estimate of drug-likeness (QED) is 0.689. The Bertz CT molecular complexity index is 566. The van der Waals surface area contributed by atoms with E-state index in [0.717, 1.165) is 24.7 Å². The van der Waals surface area contributed by atoms with E-state index in [2.05, 4.69) is 43.8 Å². The molecule has 0 spiro atoms. The van der Waals surface area contributed by atoms with Gasteiger partial charge in [0.1, 0.15) is 0 Å². The molecule has 0 aromatic heterocycles. The van der Waals surface area contributed by atoms with E-state index in [0.29, 0.717) is 5.56 Å². The van der Waals surface area contributed by atoms with Crippen molar-refractivity contribution < 1.29 is 14.4 Å². The average Bonchev–Trinajstić information content (AvgIpc) is 2.73. The number of hydrogen-bond donors (Lipinski definition) is 1. The van der Waals surface area contributed by atoms with E-state index in [4.69, 9.17) is 0 Å². The predicted molar refractivity (Wildman–Crippen MR) is 88.8 cm³/mol. The fourth-order valence-corrected chi connectivity index (χ4v) is 3.34. The number of nitrogens with zero attached hydrogens (tertiary/aromatic N) is 1. The summed E-state index contributed by atoms with van der Waals surface area (Å²) in [6.45, 7) is 0.459. The SMILES string of the molecule is O=C(NCCN1C(=O)CSC1=O)c1cc(Br)ccc1I. The van der Waals surface area contributed by atoms with Crippen molar-refractivity contribution >= 4 is 67.3 Å². The summed E-state index contributed by atoms with van der Waals surface area (Å²) in [7, 11) is 0. The van der Waals surface area contributed by atoms with Crippen LogP contribution < -0.4 is 5.32 Å². The predicted octanol–water partition coefficient (Wildman–Crippen LogP) is 2.48. The van der Waals surface area contributed by atoms with Crippen LogP contribution in [0.25, 0.3) is 0 Å². The van der Waals surface area contributed by atoms with Gasteiger partial charge in [0, 0.05) is 21.1 Å². The number of nitrogens with one attached hydrogen (secondary N) is 1. The van der Waals surface area contributed by atoms with Crippen LogP contribution in [0.5, 0.6) is 0 Å². The van der Waals surface area contributed by atoms with Crippen LogP contribution in [0.2, 0.25) is 0 Å². The maximum atomic E-state index is 12.0. The summed E-state index contributed by atoms with van der Waals surface area (Å²) < 4.78 is 1.66. The summed E-state index contributed by atoms with van der Waals surface area (Å²) in [4.78, 5) is 36.0. The minimum atomic E-state index is -0.249. The van der Waals surface area contributed by atoms with E-state index < -0.39 is 0 Å². The van der Waals surface area contributed by atoms with Crippen LogP contribution in [0.3, 0.4) is 0 Å². The Hall–Kier alpha value is -0.610. The lowest BCUT2D eigenvalue weighted by Crippen LogP contribution is -2.37. The second kappa shape index (κ2) is 6.90. The Morgan fingerprint density at radius 2 is 2.20 bits per heavy atom. The van der Waals surface area contributed by atoms with Crippen LogP contribution in [-0.4, -0.2) is 40.8 Å². The number of thioether (sulfide) groups is 1. The molecule has 1 aromatic carbocycles. The van der Waals surface area contributed by atoms with Gasteiger partial charge < -0.3 is 5.32 Å². The molecule has 0 saturated carbocycles. The van der Waals surface area contributed by atoms with E-state index in [1.807, 2.05) is 12.1 Å². The van der Waals surface area contributed by atoms with E-state index >= 15 is 0 Å². The standard InChI is InChI=1S/C12H10BrIN2O3S/c13-7-1-2-9(14)8(5-7)11(18)15-3-4-16-10(17)6-20-12(16)19/h1-2,5H,3-4,6H2,(H,15,18). The van der Waals surface area contributed by atoms with Crippen molar-refractivity contribution in [2.24, 2.45) is 0 Å². The maximum Gasteiger partial charge on any atom is 0.288 e. The first kappa shape index (κ1) is 15.8. The van der Waals surface area contributed by atoms with Crippen LogP contribution in [0.15, 0.2) is 22.7 Å². The number of carbonyl (C=O) groups excluding carboxylic acids is 3. The number of carbonyl (C=O) groups is 3. The van der Waals surface area contributed by atoms with Gasteiger partial charge in [-0.15, -0.1) is 0 Å². The molecule has 1 fully saturated rings. The molecule has 1 aliphatic rings. The maximum absolute atomic E-state index is 12.0. The van der Waals surface area contributed by atoms with Crippen molar-refractivity contribution in [1.82, 2.24) is 10.2 Å². The lowest BCUT2D eigenvalue weighted by atomic mass is 10.2. The molecule has 0 radical (unpaired) electrons. The second-order valence-corrected chi connectivity index (χ2v) is 6.98. The molecule has 1 N–H and O–H groups in total. The summed E-state index contributed by atoms with van der Waals surface area (Å²) in [6.07, 6.45) is 0. The first-order valence-corrected chi connectivity index (χ1v) is 8.55. The number of hydrogen-bond acceptors (Lipinski definition) is 4. The number of imide groups is 1. The van der Waals surface area contributed by atoms with Crippen molar-refractivity contribution in [3.8, 4) is 0 Å². The zero-order valence-corrected chi connectivity index (χ0v) is 14.7. The number of amides is 3. The number of rotatable bonds is 4. The third kappa shape index (κ3) is 3.73. The van der Waals surface area contributed by atoms with Gasteiger partial charge in [0.2, 0.25) is 5.91 Å². The third-order valence-electron chi connectivity index (χ3n) is 2.63. The normalized spacial score (nSPS) is 14.8. The summed E-state index contributed by atoms with van der Waals surface area (Å²) in [6, 6.07) is 5.43. The minimum absolute atomic E-state index is 0.191. The molecule has 1 aliphatic heterocycles. The zero-order chi connectivity index (χ0) is 14.7. The van der Waals surface area contributed by atoms with Gasteiger partial charge in [0.25, 0.3) is 11.1 Å². The molecule has 20 heavy (non-hydrogen) atoms. The lowest BCUT2D eigenvalue weighted by Gasteiger charge is -2.13. The van der Waals surface area contributed by atoms with Gasteiger partial charge in [-0.05, 0) is 40.8 Å². The summed E-state index contributed by atoms with van der Waals surface area (Å²) in [5.74, 6) is -0.232. The first-order valence-electron chi connectivity index (χ1n) is 5.69. The Morgan fingerprint density at radius 3 is 2.85 bits per heavy atom. The molecule has 3 amide bonds. The molecule has 5 nitrogen and oxygen atoms in total. The van der Waals surface area contributed by atoms with Gasteiger partial charge in [0.05, 0.1) is 11.3 Å². The fourth-order valence-electron chi connectivity index (χ4n) is 1.65. The Kier molecular flexibility index (Phi) is 5.44. The van der Waals surface area contributed by atoms with E-state index in [-0.39, 0.29) is 35.9 Å². The van der Waals surface area contributed by atoms with Crippen molar-refractivity contribution in [1.29, 1.82) is 0 Å². The van der Waals surface area contributed by atoms with Crippen molar-refractivity contribution in [3.05, 3.63) is 31.8 Å². The molecule has 1 heterocycles. The van der Waals surface area contributed by atoms with Gasteiger partial charge in [-0.1, -0.05) is 27.7 Å². The monoisotopic (exact) mass is 468 g/mol. The topological polar surface area (TPSA) is 66.5 Å². The molecule has 0 aliphatic carbocycles. The summed E-state index contributed by atoms with van der Waals surface area (Å²) in [5.41, 5.74) is 0.563. The highest BCUT2D eigenvalue weighted by Crippen LogP contribution is 2.19. The smallest absolute Gasteiger partial charge is 0.288 e. The van der Waals surface area contributed by atoms with E-state index in [1.54, 1.807) is 6.07 Å². The van der Waals surface area contributed by atoms with Crippen molar-refractivity contribution in [2.75, 3.05) is 18.8 Å². The van der Waals surface area contributed by atoms with Gasteiger partial charge in [-0.2, -0.15) is 0 Å². The van der Waals surface area contributed by atoms with E-state index in [9.17, 15) is 14.4 Å². The molecular formula is C12H10BrIN2O3S. The minimum Gasteiger partial charge on any atom is -0.350 e. The zero-order valence-electron chi connectivity index (χ0n) is 10.2. The Labute approximate surface area is 142 Å². The largest absolute Gasteiger partial charge is 0.350 e. The van der Waals surface area contributed by atoms with Gasteiger partial charge >= 0.3 is 0 Å². The van der Waals surface area contributed by atoms with Crippen molar-refractivity contribution in [3.63, 3.8) is 0 Å². The number of benzene rings is 1. The third-order valence-corrected chi connectivity index (χ3v) is 4.93. The molecule has 1 aromatic rings. The molecule has 106 valence electrons. The van der Waals surface area contributed by atoms with Crippen LogP contribution in [0, 0.1) is 3.57 Å². The van der Waals surface area contributed by atoms with Crippen molar-refractivity contribution in [2.45, 2.75) is 0 Å². The van der Waals surface area contributed by atoms with Gasteiger partial charge in [-0.3, -0.25) is 19.3 Å². The highest BCUT2D eigenvalue weighted by atomic mass is 127. The van der Waals surface area contributed by atoms with E-state index in [1.165, 1.54) is 0 Å². The van der Waals surface area contributed by atoms with Crippen LogP contribution in [0.1, 0.15) is 10.4 Å². The lowest BCUT2D eigenvalue weighted by molar-refractivity contribution is -0.124. The highest BCUT2D eigenvalue weighted by molar-refractivity contribution is 14.1. The fraction of sp³-hybridized carbons (Fsp3) is 0.250. The van der Waals surface area contributed by atoms with Crippen LogP contribution in [0.4, 0.5) is 4.79 Å². The van der Waals surface area contributed by atoms with Crippen LogP contribution in [-0.2, 0) is 4.79 Å². The highest BCUT2D eigenvalue weighted by Gasteiger charge is 2.29.